The average molecular weight is 371 g/mol. The summed E-state index contributed by atoms with van der Waals surface area (Å²) in [7, 11) is 1.83. The Morgan fingerprint density at radius 3 is 2.59 bits per heavy atom. The van der Waals surface area contributed by atoms with Gasteiger partial charge in [0.15, 0.2) is 0 Å². The van der Waals surface area contributed by atoms with E-state index in [1.54, 1.807) is 15.8 Å². The van der Waals surface area contributed by atoms with Crippen LogP contribution in [0.4, 0.5) is 0 Å². The van der Waals surface area contributed by atoms with Gasteiger partial charge in [-0.2, -0.15) is 5.10 Å². The smallest absolute Gasteiger partial charge is 0.259 e. The summed E-state index contributed by atoms with van der Waals surface area (Å²) in [5, 5.41) is 4.28. The standard InChI is InChI=1S/C19H25N5O3/c1-21-17(22-6-2-3-7-22)16(13-20-21)19(26)24-8-4-5-15(14-24)18(25)23-9-11-27-12-10-23/h2-3,6-7,13,15H,4-5,8-12,14H2,1H3. The molecule has 1 atom stereocenters. The van der Waals surface area contributed by atoms with Crippen molar-refractivity contribution in [2.45, 2.75) is 12.8 Å². The maximum Gasteiger partial charge on any atom is 0.259 e. The summed E-state index contributed by atoms with van der Waals surface area (Å²) < 4.78 is 8.93. The van der Waals surface area contributed by atoms with Crippen molar-refractivity contribution in [3.63, 3.8) is 0 Å². The highest BCUT2D eigenvalue weighted by Gasteiger charge is 2.33. The van der Waals surface area contributed by atoms with Gasteiger partial charge in [0, 0.05) is 45.6 Å². The highest BCUT2D eigenvalue weighted by atomic mass is 16.5. The summed E-state index contributed by atoms with van der Waals surface area (Å²) in [5.74, 6) is 0.693. The molecule has 0 aromatic carbocycles. The van der Waals surface area contributed by atoms with Gasteiger partial charge in [-0.15, -0.1) is 0 Å². The Bertz CT molecular complexity index is 807. The number of aryl methyl sites for hydroxylation is 1. The molecule has 2 amide bonds. The number of rotatable bonds is 3. The predicted octanol–water partition coefficient (Wildman–Crippen LogP) is 0.922. The Labute approximate surface area is 158 Å². The number of carbonyl (C=O) groups excluding carboxylic acids is 2. The van der Waals surface area contributed by atoms with Gasteiger partial charge in [-0.25, -0.2) is 0 Å². The summed E-state index contributed by atoms with van der Waals surface area (Å²) >= 11 is 0. The van der Waals surface area contributed by atoms with E-state index in [1.807, 2.05) is 41.0 Å². The van der Waals surface area contributed by atoms with E-state index in [1.165, 1.54) is 0 Å². The van der Waals surface area contributed by atoms with Crippen LogP contribution in [0.25, 0.3) is 5.82 Å². The van der Waals surface area contributed by atoms with E-state index < -0.39 is 0 Å². The Morgan fingerprint density at radius 1 is 1.11 bits per heavy atom. The van der Waals surface area contributed by atoms with Crippen molar-refractivity contribution >= 4 is 11.8 Å². The lowest BCUT2D eigenvalue weighted by Gasteiger charge is -2.36. The maximum absolute atomic E-state index is 13.2. The second-order valence-electron chi connectivity index (χ2n) is 7.12. The summed E-state index contributed by atoms with van der Waals surface area (Å²) in [6.07, 6.45) is 7.08. The highest BCUT2D eigenvalue weighted by Crippen LogP contribution is 2.23. The lowest BCUT2D eigenvalue weighted by molar-refractivity contribution is -0.141. The molecule has 2 fully saturated rings. The molecule has 144 valence electrons. The zero-order valence-electron chi connectivity index (χ0n) is 15.6. The minimum absolute atomic E-state index is 0.0636. The predicted molar refractivity (Wildman–Crippen MR) is 98.6 cm³/mol. The number of likely N-dealkylation sites (tertiary alicyclic amines) is 1. The third-order valence-corrected chi connectivity index (χ3v) is 5.37. The van der Waals surface area contributed by atoms with Gasteiger partial charge >= 0.3 is 0 Å². The van der Waals surface area contributed by atoms with E-state index in [4.69, 9.17) is 4.74 Å². The van der Waals surface area contributed by atoms with Crippen LogP contribution in [0.15, 0.2) is 30.7 Å². The van der Waals surface area contributed by atoms with E-state index in [0.29, 0.717) is 45.0 Å². The van der Waals surface area contributed by atoms with E-state index >= 15 is 0 Å². The quantitative estimate of drug-likeness (QED) is 0.804. The first-order chi connectivity index (χ1) is 13.1. The van der Waals surface area contributed by atoms with Gasteiger partial charge in [0.25, 0.3) is 5.91 Å². The molecule has 2 aromatic rings. The van der Waals surface area contributed by atoms with Crippen LogP contribution in [0.1, 0.15) is 23.2 Å². The molecule has 0 bridgehead atoms. The van der Waals surface area contributed by atoms with Crippen LogP contribution >= 0.6 is 0 Å². The van der Waals surface area contributed by atoms with E-state index in [2.05, 4.69) is 5.10 Å². The third-order valence-electron chi connectivity index (χ3n) is 5.37. The number of ether oxygens (including phenoxy) is 1. The molecule has 2 aromatic heterocycles. The summed E-state index contributed by atoms with van der Waals surface area (Å²) in [5.41, 5.74) is 0.563. The molecular formula is C19H25N5O3. The van der Waals surface area contributed by atoms with Crippen LogP contribution in [-0.2, 0) is 16.6 Å². The monoisotopic (exact) mass is 371 g/mol. The lowest BCUT2D eigenvalue weighted by Crippen LogP contribution is -2.49. The van der Waals surface area contributed by atoms with Crippen molar-refractivity contribution in [1.82, 2.24) is 24.1 Å². The van der Waals surface area contributed by atoms with Gasteiger partial charge < -0.3 is 19.1 Å². The first kappa shape index (κ1) is 17.8. The fraction of sp³-hybridized carbons (Fsp3) is 0.526. The number of amides is 2. The number of hydrogen-bond acceptors (Lipinski definition) is 4. The molecule has 0 radical (unpaired) electrons. The van der Waals surface area contributed by atoms with Crippen LogP contribution in [0.2, 0.25) is 0 Å². The molecule has 2 saturated heterocycles. The molecule has 0 saturated carbocycles. The van der Waals surface area contributed by atoms with Crippen molar-refractivity contribution in [3.8, 4) is 5.82 Å². The van der Waals surface area contributed by atoms with Crippen molar-refractivity contribution in [1.29, 1.82) is 0 Å². The van der Waals surface area contributed by atoms with Gasteiger partial charge in [0.05, 0.1) is 25.3 Å². The molecule has 0 aliphatic carbocycles. The van der Waals surface area contributed by atoms with Crippen molar-refractivity contribution < 1.29 is 14.3 Å². The van der Waals surface area contributed by atoms with Gasteiger partial charge in [0.1, 0.15) is 11.4 Å². The molecule has 4 rings (SSSR count). The second kappa shape index (κ2) is 7.56. The van der Waals surface area contributed by atoms with E-state index in [-0.39, 0.29) is 17.7 Å². The number of piperidine rings is 1. The molecule has 1 unspecified atom stereocenters. The van der Waals surface area contributed by atoms with Crippen molar-refractivity contribution in [2.75, 3.05) is 39.4 Å². The van der Waals surface area contributed by atoms with Crippen LogP contribution in [0, 0.1) is 5.92 Å². The molecule has 4 heterocycles. The molecular weight excluding hydrogens is 346 g/mol. The number of morpholine rings is 1. The molecule has 0 N–H and O–H groups in total. The van der Waals surface area contributed by atoms with Crippen LogP contribution in [-0.4, -0.2) is 75.4 Å². The normalized spacial score (nSPS) is 20.7. The molecule has 0 spiro atoms. The van der Waals surface area contributed by atoms with E-state index in [0.717, 1.165) is 18.7 Å². The molecule has 27 heavy (non-hydrogen) atoms. The molecule has 8 heteroatoms. The fourth-order valence-corrected chi connectivity index (χ4v) is 3.94. The van der Waals surface area contributed by atoms with Crippen molar-refractivity contribution in [2.24, 2.45) is 13.0 Å². The molecule has 2 aliphatic rings. The highest BCUT2D eigenvalue weighted by molar-refractivity contribution is 5.97. The Balaban J connectivity index is 1.50. The lowest BCUT2D eigenvalue weighted by atomic mass is 9.96. The maximum atomic E-state index is 13.2. The van der Waals surface area contributed by atoms with Crippen LogP contribution in [0.3, 0.4) is 0 Å². The molecule has 2 aliphatic heterocycles. The minimum atomic E-state index is -0.132. The van der Waals surface area contributed by atoms with Gasteiger partial charge in [-0.1, -0.05) is 0 Å². The summed E-state index contributed by atoms with van der Waals surface area (Å²) in [6.45, 7) is 3.61. The number of hydrogen-bond donors (Lipinski definition) is 0. The molecule has 8 nitrogen and oxygen atoms in total. The first-order valence-electron chi connectivity index (χ1n) is 9.46. The number of aromatic nitrogens is 3. The zero-order chi connectivity index (χ0) is 18.8. The number of nitrogens with zero attached hydrogens (tertiary/aromatic N) is 5. The minimum Gasteiger partial charge on any atom is -0.378 e. The largest absolute Gasteiger partial charge is 0.378 e. The SMILES string of the molecule is Cn1ncc(C(=O)N2CCCC(C(=O)N3CCOCC3)C2)c1-n1cccc1. The van der Waals surface area contributed by atoms with Gasteiger partial charge in [0.2, 0.25) is 5.91 Å². The van der Waals surface area contributed by atoms with Crippen LogP contribution < -0.4 is 0 Å². The van der Waals surface area contributed by atoms with Crippen LogP contribution in [0.5, 0.6) is 0 Å². The second-order valence-corrected chi connectivity index (χ2v) is 7.12. The average Bonchev–Trinajstić information content (AvgIpc) is 3.37. The topological polar surface area (TPSA) is 72.6 Å². The summed E-state index contributed by atoms with van der Waals surface area (Å²) in [4.78, 5) is 29.7. The van der Waals surface area contributed by atoms with E-state index in [9.17, 15) is 9.59 Å². The summed E-state index contributed by atoms with van der Waals surface area (Å²) in [6, 6.07) is 3.83. The third kappa shape index (κ3) is 3.49. The Kier molecular flexibility index (Phi) is 4.98. The van der Waals surface area contributed by atoms with Crippen molar-refractivity contribution in [3.05, 3.63) is 36.3 Å². The zero-order valence-corrected chi connectivity index (χ0v) is 15.6. The van der Waals surface area contributed by atoms with Gasteiger partial charge in [-0.05, 0) is 25.0 Å². The fourth-order valence-electron chi connectivity index (χ4n) is 3.94. The Morgan fingerprint density at radius 2 is 1.85 bits per heavy atom. The first-order valence-corrected chi connectivity index (χ1v) is 9.46. The number of carbonyl (C=O) groups is 2. The Hall–Kier alpha value is -2.61. The van der Waals surface area contributed by atoms with Gasteiger partial charge in [-0.3, -0.25) is 14.3 Å².